The maximum atomic E-state index is 12.0. The lowest BCUT2D eigenvalue weighted by molar-refractivity contribution is 0.0454. The van der Waals surface area contributed by atoms with Gasteiger partial charge in [-0.3, -0.25) is 0 Å². The lowest BCUT2D eigenvalue weighted by Gasteiger charge is -2.41. The molecule has 0 radical (unpaired) electrons. The summed E-state index contributed by atoms with van der Waals surface area (Å²) in [5.74, 6) is 0.681. The molecule has 1 aliphatic heterocycles. The Kier molecular flexibility index (Phi) is 4.94. The van der Waals surface area contributed by atoms with E-state index in [1.807, 2.05) is 27.7 Å². The third kappa shape index (κ3) is 4.83. The van der Waals surface area contributed by atoms with Gasteiger partial charge < -0.3 is 15.0 Å². The summed E-state index contributed by atoms with van der Waals surface area (Å²) >= 11 is 3.34. The van der Waals surface area contributed by atoms with Crippen LogP contribution in [-0.4, -0.2) is 40.3 Å². The van der Waals surface area contributed by atoms with E-state index in [2.05, 4.69) is 36.1 Å². The van der Waals surface area contributed by atoms with E-state index in [-0.39, 0.29) is 11.6 Å². The number of piperidine rings is 1. The Hall–Kier alpha value is -1.37. The molecule has 1 aromatic heterocycles. The first-order chi connectivity index (χ1) is 10.2. The van der Waals surface area contributed by atoms with Gasteiger partial charge in [-0.2, -0.15) is 0 Å². The van der Waals surface area contributed by atoms with Crippen molar-refractivity contribution in [1.82, 2.24) is 15.3 Å². The number of nitrogens with one attached hydrogen (secondary N) is 1. The molecule has 22 heavy (non-hydrogen) atoms. The predicted molar refractivity (Wildman–Crippen MR) is 89.0 cm³/mol. The van der Waals surface area contributed by atoms with Gasteiger partial charge in [0.15, 0.2) is 0 Å². The molecule has 0 bridgehead atoms. The summed E-state index contributed by atoms with van der Waals surface area (Å²) in [4.78, 5) is 22.8. The van der Waals surface area contributed by atoms with Crippen molar-refractivity contribution in [2.24, 2.45) is 0 Å². The highest BCUT2D eigenvalue weighted by Gasteiger charge is 2.34. The topological polar surface area (TPSA) is 67.3 Å². The van der Waals surface area contributed by atoms with E-state index in [1.54, 1.807) is 12.4 Å². The molecule has 1 fully saturated rings. The number of anilines is 1. The van der Waals surface area contributed by atoms with Crippen molar-refractivity contribution in [3.05, 3.63) is 16.9 Å². The number of nitrogens with zero attached hydrogens (tertiary/aromatic N) is 3. The first kappa shape index (κ1) is 17.0. The Morgan fingerprint density at radius 2 is 2.05 bits per heavy atom. The Morgan fingerprint density at radius 1 is 1.41 bits per heavy atom. The third-order valence-corrected chi connectivity index (χ3v) is 3.80. The maximum Gasteiger partial charge on any atom is 0.408 e. The van der Waals surface area contributed by atoms with Crippen LogP contribution < -0.4 is 10.2 Å². The second kappa shape index (κ2) is 6.40. The molecular formula is C15H23BrN4O2. The normalized spacial score (nSPS) is 22.3. The highest BCUT2D eigenvalue weighted by Crippen LogP contribution is 2.24. The molecular weight excluding hydrogens is 348 g/mol. The molecule has 1 atom stereocenters. The molecule has 7 heteroatoms. The monoisotopic (exact) mass is 370 g/mol. The fourth-order valence-electron chi connectivity index (χ4n) is 2.53. The van der Waals surface area contributed by atoms with Crippen LogP contribution in [0.25, 0.3) is 0 Å². The number of alkyl carbamates (subject to hydrolysis) is 1. The van der Waals surface area contributed by atoms with Gasteiger partial charge in [-0.15, -0.1) is 0 Å². The Labute approximate surface area is 139 Å². The van der Waals surface area contributed by atoms with Crippen molar-refractivity contribution in [1.29, 1.82) is 0 Å². The van der Waals surface area contributed by atoms with E-state index in [4.69, 9.17) is 4.74 Å². The SMILES string of the molecule is CC(C)(C)OC(=O)N[C@]1(C)CCCN(c2ncc(Br)cn2)C1. The number of carbonyl (C=O) groups excluding carboxylic acids is 1. The van der Waals surface area contributed by atoms with E-state index in [0.717, 1.165) is 23.9 Å². The second-order valence-electron chi connectivity index (χ2n) is 6.91. The zero-order chi connectivity index (χ0) is 16.4. The zero-order valence-corrected chi connectivity index (χ0v) is 15.1. The van der Waals surface area contributed by atoms with Gasteiger partial charge in [0.05, 0.1) is 10.0 Å². The summed E-state index contributed by atoms with van der Waals surface area (Å²) < 4.78 is 6.21. The molecule has 2 rings (SSSR count). The summed E-state index contributed by atoms with van der Waals surface area (Å²) in [6, 6.07) is 0. The molecule has 1 aromatic rings. The van der Waals surface area contributed by atoms with Crippen molar-refractivity contribution in [2.45, 2.75) is 51.7 Å². The van der Waals surface area contributed by atoms with E-state index >= 15 is 0 Å². The van der Waals surface area contributed by atoms with E-state index in [1.165, 1.54) is 0 Å². The summed E-state index contributed by atoms with van der Waals surface area (Å²) in [5.41, 5.74) is -0.847. The van der Waals surface area contributed by atoms with Gasteiger partial charge in [-0.1, -0.05) is 0 Å². The Balaban J connectivity index is 2.02. The van der Waals surface area contributed by atoms with Gasteiger partial charge in [-0.05, 0) is 56.5 Å². The molecule has 0 spiro atoms. The van der Waals surface area contributed by atoms with Gasteiger partial charge in [0.25, 0.3) is 0 Å². The minimum absolute atomic E-state index is 0.350. The van der Waals surface area contributed by atoms with Gasteiger partial charge in [0, 0.05) is 25.5 Å². The van der Waals surface area contributed by atoms with Crippen LogP contribution in [0.15, 0.2) is 16.9 Å². The first-order valence-corrected chi connectivity index (χ1v) is 8.20. The third-order valence-electron chi connectivity index (χ3n) is 3.39. The van der Waals surface area contributed by atoms with Gasteiger partial charge in [-0.25, -0.2) is 14.8 Å². The molecule has 1 amide bonds. The van der Waals surface area contributed by atoms with Crippen LogP contribution in [0.1, 0.15) is 40.5 Å². The average Bonchev–Trinajstić information content (AvgIpc) is 2.36. The molecule has 2 heterocycles. The predicted octanol–water partition coefficient (Wildman–Crippen LogP) is 3.12. The average molecular weight is 371 g/mol. The molecule has 1 aliphatic rings. The summed E-state index contributed by atoms with van der Waals surface area (Å²) in [6.45, 7) is 9.15. The Morgan fingerprint density at radius 3 is 2.64 bits per heavy atom. The number of aromatic nitrogens is 2. The van der Waals surface area contributed by atoms with Gasteiger partial charge in [0.2, 0.25) is 5.95 Å². The second-order valence-corrected chi connectivity index (χ2v) is 7.83. The van der Waals surface area contributed by atoms with Crippen molar-refractivity contribution < 1.29 is 9.53 Å². The van der Waals surface area contributed by atoms with Crippen LogP contribution in [0.3, 0.4) is 0 Å². The minimum atomic E-state index is -0.496. The van der Waals surface area contributed by atoms with Crippen LogP contribution in [0.4, 0.5) is 10.7 Å². The van der Waals surface area contributed by atoms with Crippen LogP contribution in [-0.2, 0) is 4.74 Å². The first-order valence-electron chi connectivity index (χ1n) is 7.41. The molecule has 0 aromatic carbocycles. The largest absolute Gasteiger partial charge is 0.444 e. The summed E-state index contributed by atoms with van der Waals surface area (Å²) in [6.07, 6.45) is 4.95. The summed E-state index contributed by atoms with van der Waals surface area (Å²) in [5, 5.41) is 3.00. The zero-order valence-electron chi connectivity index (χ0n) is 13.5. The minimum Gasteiger partial charge on any atom is -0.444 e. The molecule has 0 aliphatic carbocycles. The molecule has 0 unspecified atom stereocenters. The maximum absolute atomic E-state index is 12.0. The van der Waals surface area contributed by atoms with Crippen LogP contribution in [0.5, 0.6) is 0 Å². The number of hydrogen-bond donors (Lipinski definition) is 1. The number of amides is 1. The quantitative estimate of drug-likeness (QED) is 0.865. The van der Waals surface area contributed by atoms with Crippen molar-refractivity contribution in [3.63, 3.8) is 0 Å². The lowest BCUT2D eigenvalue weighted by Crippen LogP contribution is -2.57. The number of rotatable bonds is 2. The van der Waals surface area contributed by atoms with E-state index in [0.29, 0.717) is 12.5 Å². The smallest absolute Gasteiger partial charge is 0.408 e. The summed E-state index contributed by atoms with van der Waals surface area (Å²) in [7, 11) is 0. The fraction of sp³-hybridized carbons (Fsp3) is 0.667. The van der Waals surface area contributed by atoms with Crippen molar-refractivity contribution in [3.8, 4) is 0 Å². The van der Waals surface area contributed by atoms with E-state index < -0.39 is 5.60 Å². The van der Waals surface area contributed by atoms with Crippen molar-refractivity contribution >= 4 is 28.0 Å². The van der Waals surface area contributed by atoms with Gasteiger partial charge >= 0.3 is 6.09 Å². The fourth-order valence-corrected chi connectivity index (χ4v) is 2.74. The van der Waals surface area contributed by atoms with Crippen LogP contribution in [0.2, 0.25) is 0 Å². The standard InChI is InChI=1S/C15H23BrN4O2/c1-14(2,3)22-13(21)19-15(4)6-5-7-20(10-15)12-17-8-11(16)9-18-12/h8-9H,5-7,10H2,1-4H3,(H,19,21)/t15-/m1/s1. The molecule has 1 saturated heterocycles. The Bertz CT molecular complexity index is 529. The van der Waals surface area contributed by atoms with Crippen LogP contribution >= 0.6 is 15.9 Å². The van der Waals surface area contributed by atoms with E-state index in [9.17, 15) is 4.79 Å². The highest BCUT2D eigenvalue weighted by atomic mass is 79.9. The number of hydrogen-bond acceptors (Lipinski definition) is 5. The number of halogens is 1. The highest BCUT2D eigenvalue weighted by molar-refractivity contribution is 9.10. The molecule has 6 nitrogen and oxygen atoms in total. The number of ether oxygens (including phenoxy) is 1. The molecule has 1 N–H and O–H groups in total. The van der Waals surface area contributed by atoms with Crippen molar-refractivity contribution in [2.75, 3.05) is 18.0 Å². The number of carbonyl (C=O) groups is 1. The molecule has 0 saturated carbocycles. The lowest BCUT2D eigenvalue weighted by atomic mass is 9.91. The molecule has 122 valence electrons. The van der Waals surface area contributed by atoms with Crippen LogP contribution in [0, 0.1) is 0 Å². The van der Waals surface area contributed by atoms with Gasteiger partial charge in [0.1, 0.15) is 5.60 Å².